The number of benzene rings is 1. The van der Waals surface area contributed by atoms with Crippen molar-refractivity contribution in [1.29, 1.82) is 0 Å². The topological polar surface area (TPSA) is 69.6 Å². The minimum atomic E-state index is -3.13. The van der Waals surface area contributed by atoms with Crippen LogP contribution >= 0.6 is 0 Å². The van der Waals surface area contributed by atoms with Gasteiger partial charge in [0.25, 0.3) is 0 Å². The number of hydrogen-bond donors (Lipinski definition) is 2. The van der Waals surface area contributed by atoms with Crippen molar-refractivity contribution in [3.05, 3.63) is 35.4 Å². The number of aliphatic hydroxyl groups is 1. The second kappa shape index (κ2) is 8.06. The van der Waals surface area contributed by atoms with Crippen LogP contribution in [0.25, 0.3) is 0 Å². The molecule has 2 N–H and O–H groups in total. The van der Waals surface area contributed by atoms with Gasteiger partial charge in [0.05, 0.1) is 12.9 Å². The number of fused-ring (bicyclic) bond motifs is 1. The van der Waals surface area contributed by atoms with Crippen molar-refractivity contribution in [2.75, 3.05) is 32.5 Å². The van der Waals surface area contributed by atoms with Gasteiger partial charge < -0.3 is 5.11 Å². The van der Waals surface area contributed by atoms with Crippen LogP contribution in [0.4, 0.5) is 0 Å². The van der Waals surface area contributed by atoms with E-state index in [9.17, 15) is 13.5 Å². The number of nitrogens with zero attached hydrogens (tertiary/aromatic N) is 1. The highest BCUT2D eigenvalue weighted by Crippen LogP contribution is 2.34. The lowest BCUT2D eigenvalue weighted by atomic mass is 9.86. The lowest BCUT2D eigenvalue weighted by Crippen LogP contribution is -2.36. The molecule has 0 saturated heterocycles. The van der Waals surface area contributed by atoms with Gasteiger partial charge in [0.1, 0.15) is 0 Å². The third kappa shape index (κ3) is 5.05. The summed E-state index contributed by atoms with van der Waals surface area (Å²) in [5.41, 5.74) is 2.76. The second-order valence-corrected chi connectivity index (χ2v) is 7.72. The van der Waals surface area contributed by atoms with Gasteiger partial charge in [-0.15, -0.1) is 0 Å². The van der Waals surface area contributed by atoms with E-state index in [2.05, 4.69) is 33.9 Å². The highest BCUT2D eigenvalue weighted by molar-refractivity contribution is 7.88. The van der Waals surface area contributed by atoms with Crippen LogP contribution in [0.3, 0.4) is 0 Å². The van der Waals surface area contributed by atoms with Crippen LogP contribution in [-0.4, -0.2) is 50.9 Å². The lowest BCUT2D eigenvalue weighted by molar-refractivity contribution is 0.137. The summed E-state index contributed by atoms with van der Waals surface area (Å²) in [7, 11) is -3.13. The molecule has 22 heavy (non-hydrogen) atoms. The van der Waals surface area contributed by atoms with Crippen LogP contribution < -0.4 is 4.72 Å². The van der Waals surface area contributed by atoms with Gasteiger partial charge in [-0.2, -0.15) is 0 Å². The first-order chi connectivity index (χ1) is 10.5. The van der Waals surface area contributed by atoms with E-state index < -0.39 is 10.0 Å². The predicted octanol–water partition coefficient (Wildman–Crippen LogP) is 1.30. The molecule has 1 aromatic rings. The molecule has 1 aromatic carbocycles. The first kappa shape index (κ1) is 17.4. The number of aryl methyl sites for hydroxylation is 1. The monoisotopic (exact) mass is 326 g/mol. The van der Waals surface area contributed by atoms with Crippen molar-refractivity contribution in [2.24, 2.45) is 0 Å². The van der Waals surface area contributed by atoms with Gasteiger partial charge >= 0.3 is 0 Å². The molecule has 0 aromatic heterocycles. The van der Waals surface area contributed by atoms with Crippen LogP contribution in [0.1, 0.15) is 36.4 Å². The van der Waals surface area contributed by atoms with Crippen molar-refractivity contribution in [1.82, 2.24) is 9.62 Å². The molecule has 2 rings (SSSR count). The Morgan fingerprint density at radius 3 is 2.82 bits per heavy atom. The average Bonchev–Trinajstić information content (AvgIpc) is 2.49. The SMILES string of the molecule is CS(=O)(=O)NCCCN(CCO)C1CCCc2ccccc21. The summed E-state index contributed by atoms with van der Waals surface area (Å²) in [5.74, 6) is 0. The third-order valence-corrected chi connectivity index (χ3v) is 4.88. The van der Waals surface area contributed by atoms with E-state index >= 15 is 0 Å². The van der Waals surface area contributed by atoms with Gasteiger partial charge in [-0.1, -0.05) is 24.3 Å². The summed E-state index contributed by atoms with van der Waals surface area (Å²) in [6.07, 6.45) is 5.29. The molecule has 0 fully saturated rings. The van der Waals surface area contributed by atoms with Crippen LogP contribution in [0.15, 0.2) is 24.3 Å². The lowest BCUT2D eigenvalue weighted by Gasteiger charge is -2.35. The first-order valence-electron chi connectivity index (χ1n) is 7.88. The van der Waals surface area contributed by atoms with Gasteiger partial charge in [0.2, 0.25) is 10.0 Å². The molecule has 0 radical (unpaired) electrons. The average molecular weight is 326 g/mol. The van der Waals surface area contributed by atoms with E-state index in [4.69, 9.17) is 0 Å². The fourth-order valence-corrected chi connectivity index (χ4v) is 3.71. The maximum absolute atomic E-state index is 11.1. The minimum Gasteiger partial charge on any atom is -0.395 e. The molecule has 6 heteroatoms. The third-order valence-electron chi connectivity index (χ3n) is 4.15. The van der Waals surface area contributed by atoms with Gasteiger partial charge in [0, 0.05) is 25.7 Å². The Bertz CT molecular complexity index is 575. The molecule has 0 saturated carbocycles. The number of rotatable bonds is 8. The Labute approximate surface area is 133 Å². The molecule has 1 aliphatic carbocycles. The van der Waals surface area contributed by atoms with Crippen molar-refractivity contribution in [2.45, 2.75) is 31.7 Å². The van der Waals surface area contributed by atoms with E-state index in [1.165, 1.54) is 17.4 Å². The molecule has 1 aliphatic rings. The maximum Gasteiger partial charge on any atom is 0.208 e. The second-order valence-electron chi connectivity index (χ2n) is 5.89. The summed E-state index contributed by atoms with van der Waals surface area (Å²) < 4.78 is 24.7. The van der Waals surface area contributed by atoms with Gasteiger partial charge in [0.15, 0.2) is 0 Å². The van der Waals surface area contributed by atoms with Gasteiger partial charge in [-0.3, -0.25) is 4.90 Å². The Kier molecular flexibility index (Phi) is 6.37. The minimum absolute atomic E-state index is 0.123. The molecule has 1 atom stereocenters. The smallest absolute Gasteiger partial charge is 0.208 e. The fraction of sp³-hybridized carbons (Fsp3) is 0.625. The molecule has 0 bridgehead atoms. The molecule has 0 heterocycles. The number of sulfonamides is 1. The zero-order valence-corrected chi connectivity index (χ0v) is 14.0. The zero-order chi connectivity index (χ0) is 16.0. The van der Waals surface area contributed by atoms with E-state index in [1.54, 1.807) is 0 Å². The molecular weight excluding hydrogens is 300 g/mol. The summed E-state index contributed by atoms with van der Waals surface area (Å²) in [5, 5.41) is 9.35. The Hall–Kier alpha value is -0.950. The zero-order valence-electron chi connectivity index (χ0n) is 13.2. The Balaban J connectivity index is 1.99. The number of hydrogen-bond acceptors (Lipinski definition) is 4. The van der Waals surface area contributed by atoms with Gasteiger partial charge in [-0.25, -0.2) is 13.1 Å². The van der Waals surface area contributed by atoms with Crippen molar-refractivity contribution in [3.8, 4) is 0 Å². The summed E-state index contributed by atoms with van der Waals surface area (Å²) in [6.45, 7) is 1.97. The largest absolute Gasteiger partial charge is 0.395 e. The predicted molar refractivity (Wildman–Crippen MR) is 88.2 cm³/mol. The molecule has 124 valence electrons. The molecule has 5 nitrogen and oxygen atoms in total. The van der Waals surface area contributed by atoms with E-state index in [-0.39, 0.29) is 6.61 Å². The fourth-order valence-electron chi connectivity index (χ4n) is 3.20. The highest BCUT2D eigenvalue weighted by Gasteiger charge is 2.25. The summed E-state index contributed by atoms with van der Waals surface area (Å²) in [6, 6.07) is 8.84. The van der Waals surface area contributed by atoms with Crippen molar-refractivity contribution >= 4 is 10.0 Å². The summed E-state index contributed by atoms with van der Waals surface area (Å²) >= 11 is 0. The maximum atomic E-state index is 11.1. The molecular formula is C16H26N2O3S. The summed E-state index contributed by atoms with van der Waals surface area (Å²) in [4.78, 5) is 2.28. The van der Waals surface area contributed by atoms with Crippen LogP contribution in [-0.2, 0) is 16.4 Å². The molecule has 1 unspecified atom stereocenters. The quantitative estimate of drug-likeness (QED) is 0.707. The van der Waals surface area contributed by atoms with Crippen molar-refractivity contribution < 1.29 is 13.5 Å². The van der Waals surface area contributed by atoms with E-state index in [0.29, 0.717) is 19.1 Å². The number of aliphatic hydroxyl groups excluding tert-OH is 1. The molecule has 0 aliphatic heterocycles. The van der Waals surface area contributed by atoms with Crippen molar-refractivity contribution in [3.63, 3.8) is 0 Å². The van der Waals surface area contributed by atoms with E-state index in [0.717, 1.165) is 32.2 Å². The Morgan fingerprint density at radius 2 is 2.09 bits per heavy atom. The molecule has 0 spiro atoms. The molecule has 0 amide bonds. The van der Waals surface area contributed by atoms with Crippen LogP contribution in [0.2, 0.25) is 0 Å². The van der Waals surface area contributed by atoms with E-state index in [1.807, 2.05) is 0 Å². The Morgan fingerprint density at radius 1 is 1.32 bits per heavy atom. The van der Waals surface area contributed by atoms with Gasteiger partial charge in [-0.05, 0) is 36.8 Å². The standard InChI is InChI=1S/C16H26N2O3S/c1-22(20,21)17-10-5-11-18(12-13-19)16-9-4-7-14-6-2-3-8-15(14)16/h2-3,6,8,16-17,19H,4-5,7,9-13H2,1H3. The highest BCUT2D eigenvalue weighted by atomic mass is 32.2. The van der Waals surface area contributed by atoms with Crippen LogP contribution in [0.5, 0.6) is 0 Å². The number of nitrogens with one attached hydrogen (secondary N) is 1. The van der Waals surface area contributed by atoms with Crippen LogP contribution in [0, 0.1) is 0 Å². The normalized spacial score (nSPS) is 18.4. The first-order valence-corrected chi connectivity index (χ1v) is 9.78.